The van der Waals surface area contributed by atoms with Gasteiger partial charge in [0.2, 0.25) is 5.91 Å². The van der Waals surface area contributed by atoms with Crippen molar-refractivity contribution in [2.75, 3.05) is 13.1 Å². The van der Waals surface area contributed by atoms with Gasteiger partial charge in [0.05, 0.1) is 6.04 Å². The molecule has 0 aliphatic carbocycles. The lowest BCUT2D eigenvalue weighted by molar-refractivity contribution is -0.135. The van der Waals surface area contributed by atoms with Crippen LogP contribution in [0.4, 0.5) is 0 Å². The van der Waals surface area contributed by atoms with E-state index in [4.69, 9.17) is 5.73 Å². The number of likely N-dealkylation sites (tertiary alicyclic amines) is 1. The van der Waals surface area contributed by atoms with Gasteiger partial charge in [-0.25, -0.2) is 0 Å². The number of carbonyl (C=O) groups is 1. The molecule has 0 bridgehead atoms. The molecule has 1 aliphatic heterocycles. The van der Waals surface area contributed by atoms with Gasteiger partial charge >= 0.3 is 0 Å². The maximum absolute atomic E-state index is 11.8. The van der Waals surface area contributed by atoms with Crippen LogP contribution in [0, 0.1) is 5.41 Å². The van der Waals surface area contributed by atoms with Gasteiger partial charge < -0.3 is 10.6 Å². The van der Waals surface area contributed by atoms with Crippen molar-refractivity contribution >= 4 is 5.91 Å². The number of hydrogen-bond donors (Lipinski definition) is 1. The Balaban J connectivity index is 2.56. The molecule has 0 radical (unpaired) electrons. The Morgan fingerprint density at radius 3 is 2.71 bits per heavy atom. The topological polar surface area (TPSA) is 46.3 Å². The smallest absolute Gasteiger partial charge is 0.239 e. The normalized spacial score (nSPS) is 23.3. The molecule has 0 saturated carbocycles. The molecule has 14 heavy (non-hydrogen) atoms. The predicted molar refractivity (Wildman–Crippen MR) is 57.9 cm³/mol. The minimum absolute atomic E-state index is 0.125. The maximum Gasteiger partial charge on any atom is 0.239 e. The fourth-order valence-electron chi connectivity index (χ4n) is 2.02. The summed E-state index contributed by atoms with van der Waals surface area (Å²) < 4.78 is 0. The van der Waals surface area contributed by atoms with Gasteiger partial charge in [-0.3, -0.25) is 4.79 Å². The molecule has 82 valence electrons. The Kier molecular flexibility index (Phi) is 3.53. The minimum atomic E-state index is -0.302. The molecule has 3 heteroatoms. The maximum atomic E-state index is 11.8. The van der Waals surface area contributed by atoms with Crippen LogP contribution in [0.25, 0.3) is 0 Å². The van der Waals surface area contributed by atoms with Crippen LogP contribution in [0.3, 0.4) is 0 Å². The summed E-state index contributed by atoms with van der Waals surface area (Å²) in [5, 5.41) is 0. The molecule has 1 amide bonds. The summed E-state index contributed by atoms with van der Waals surface area (Å²) in [4.78, 5) is 13.7. The Morgan fingerprint density at radius 2 is 2.21 bits per heavy atom. The molecule has 0 spiro atoms. The third kappa shape index (κ3) is 2.71. The zero-order valence-corrected chi connectivity index (χ0v) is 9.55. The number of rotatable bonds is 2. The molecule has 3 nitrogen and oxygen atoms in total. The number of nitrogens with two attached hydrogens (primary N) is 1. The van der Waals surface area contributed by atoms with Crippen molar-refractivity contribution in [1.82, 2.24) is 4.90 Å². The Bertz CT molecular complexity index is 213. The summed E-state index contributed by atoms with van der Waals surface area (Å²) in [5.41, 5.74) is 6.01. The summed E-state index contributed by atoms with van der Waals surface area (Å²) in [6, 6.07) is -0.302. The molecule has 1 heterocycles. The summed E-state index contributed by atoms with van der Waals surface area (Å²) >= 11 is 0. The number of piperidine rings is 1. The van der Waals surface area contributed by atoms with Crippen LogP contribution in [0.15, 0.2) is 0 Å². The second kappa shape index (κ2) is 4.30. The van der Waals surface area contributed by atoms with Crippen LogP contribution in [0.2, 0.25) is 0 Å². The van der Waals surface area contributed by atoms with E-state index >= 15 is 0 Å². The molecular formula is C11H22N2O. The first-order chi connectivity index (χ1) is 6.46. The van der Waals surface area contributed by atoms with Crippen LogP contribution in [-0.4, -0.2) is 29.9 Å². The van der Waals surface area contributed by atoms with E-state index in [1.807, 2.05) is 11.8 Å². The molecule has 0 unspecified atom stereocenters. The van der Waals surface area contributed by atoms with E-state index in [9.17, 15) is 4.79 Å². The van der Waals surface area contributed by atoms with Crippen LogP contribution >= 0.6 is 0 Å². The molecule has 1 atom stereocenters. The predicted octanol–water partition coefficient (Wildman–Crippen LogP) is 1.37. The third-order valence-corrected chi connectivity index (χ3v) is 2.97. The van der Waals surface area contributed by atoms with Gasteiger partial charge in [-0.15, -0.1) is 0 Å². The summed E-state index contributed by atoms with van der Waals surface area (Å²) in [6.07, 6.45) is 3.04. The standard InChI is InChI=1S/C11H22N2O/c1-4-9(12)10(14)13-7-5-6-11(2,3)8-13/h9H,4-8,12H2,1-3H3/t9-/m0/s1. The van der Waals surface area contributed by atoms with E-state index in [0.29, 0.717) is 0 Å². The third-order valence-electron chi connectivity index (χ3n) is 2.97. The Morgan fingerprint density at radius 1 is 1.57 bits per heavy atom. The first-order valence-electron chi connectivity index (χ1n) is 5.50. The number of amides is 1. The Hall–Kier alpha value is -0.570. The quantitative estimate of drug-likeness (QED) is 0.728. The monoisotopic (exact) mass is 198 g/mol. The molecule has 2 N–H and O–H groups in total. The van der Waals surface area contributed by atoms with Crippen molar-refractivity contribution in [2.24, 2.45) is 11.1 Å². The highest BCUT2D eigenvalue weighted by Gasteiger charge is 2.30. The summed E-state index contributed by atoms with van der Waals surface area (Å²) in [5.74, 6) is 0.125. The molecule has 0 aromatic carbocycles. The highest BCUT2D eigenvalue weighted by Crippen LogP contribution is 2.28. The van der Waals surface area contributed by atoms with Gasteiger partial charge in [-0.2, -0.15) is 0 Å². The van der Waals surface area contributed by atoms with Gasteiger partial charge in [-0.1, -0.05) is 20.8 Å². The van der Waals surface area contributed by atoms with E-state index in [1.54, 1.807) is 0 Å². The number of hydrogen-bond acceptors (Lipinski definition) is 2. The first-order valence-corrected chi connectivity index (χ1v) is 5.50. The molecule has 1 fully saturated rings. The SMILES string of the molecule is CC[C@H](N)C(=O)N1CCCC(C)(C)C1. The highest BCUT2D eigenvalue weighted by molar-refractivity contribution is 5.81. The molecule has 1 aliphatic rings. The van der Waals surface area contributed by atoms with Gasteiger partial charge in [-0.05, 0) is 24.7 Å². The van der Waals surface area contributed by atoms with E-state index in [2.05, 4.69) is 13.8 Å². The van der Waals surface area contributed by atoms with E-state index in [0.717, 1.165) is 25.9 Å². The summed E-state index contributed by atoms with van der Waals surface area (Å²) in [7, 11) is 0. The van der Waals surface area contributed by atoms with E-state index < -0.39 is 0 Å². The van der Waals surface area contributed by atoms with Crippen molar-refractivity contribution < 1.29 is 4.79 Å². The lowest BCUT2D eigenvalue weighted by Gasteiger charge is -2.39. The van der Waals surface area contributed by atoms with Gasteiger partial charge in [0.15, 0.2) is 0 Å². The van der Waals surface area contributed by atoms with Crippen molar-refractivity contribution in [3.05, 3.63) is 0 Å². The average molecular weight is 198 g/mol. The molecule has 0 aromatic rings. The first kappa shape index (κ1) is 11.5. The van der Waals surface area contributed by atoms with Crippen LogP contribution < -0.4 is 5.73 Å². The fraction of sp³-hybridized carbons (Fsp3) is 0.909. The average Bonchev–Trinajstić information content (AvgIpc) is 2.14. The van der Waals surface area contributed by atoms with Crippen molar-refractivity contribution in [3.8, 4) is 0 Å². The van der Waals surface area contributed by atoms with Gasteiger partial charge in [0.25, 0.3) is 0 Å². The lowest BCUT2D eigenvalue weighted by atomic mass is 9.84. The molecular weight excluding hydrogens is 176 g/mol. The second-order valence-electron chi connectivity index (χ2n) is 5.04. The molecule has 1 rings (SSSR count). The Labute approximate surface area is 86.6 Å². The number of carbonyl (C=O) groups excluding carboxylic acids is 1. The van der Waals surface area contributed by atoms with Gasteiger partial charge in [0, 0.05) is 13.1 Å². The highest BCUT2D eigenvalue weighted by atomic mass is 16.2. The lowest BCUT2D eigenvalue weighted by Crippen LogP contribution is -2.49. The van der Waals surface area contributed by atoms with E-state index in [-0.39, 0.29) is 17.4 Å². The van der Waals surface area contributed by atoms with Crippen molar-refractivity contribution in [2.45, 2.75) is 46.1 Å². The van der Waals surface area contributed by atoms with Crippen LogP contribution in [0.1, 0.15) is 40.0 Å². The van der Waals surface area contributed by atoms with E-state index in [1.165, 1.54) is 6.42 Å². The minimum Gasteiger partial charge on any atom is -0.341 e. The zero-order valence-electron chi connectivity index (χ0n) is 9.55. The second-order valence-corrected chi connectivity index (χ2v) is 5.04. The van der Waals surface area contributed by atoms with Crippen molar-refractivity contribution in [1.29, 1.82) is 0 Å². The largest absolute Gasteiger partial charge is 0.341 e. The molecule has 0 aromatic heterocycles. The van der Waals surface area contributed by atoms with Crippen LogP contribution in [0.5, 0.6) is 0 Å². The van der Waals surface area contributed by atoms with Crippen LogP contribution in [-0.2, 0) is 4.79 Å². The zero-order chi connectivity index (χ0) is 10.8. The summed E-state index contributed by atoms with van der Waals surface area (Å²) in [6.45, 7) is 8.13. The van der Waals surface area contributed by atoms with Gasteiger partial charge in [0.1, 0.15) is 0 Å². The van der Waals surface area contributed by atoms with Crippen molar-refractivity contribution in [3.63, 3.8) is 0 Å². The fourth-order valence-corrected chi connectivity index (χ4v) is 2.02. The molecule has 1 saturated heterocycles. The number of nitrogens with zero attached hydrogens (tertiary/aromatic N) is 1.